The molecule has 2 aromatic heterocycles. The molecule has 21 heavy (non-hydrogen) atoms. The van der Waals surface area contributed by atoms with Gasteiger partial charge in [-0.1, -0.05) is 0 Å². The third kappa shape index (κ3) is 1.96. The second-order valence-electron chi connectivity index (χ2n) is 4.99. The van der Waals surface area contributed by atoms with Crippen molar-refractivity contribution in [2.75, 3.05) is 12.3 Å². The molecule has 1 aliphatic rings. The summed E-state index contributed by atoms with van der Waals surface area (Å²) in [5.74, 6) is 0.291. The summed E-state index contributed by atoms with van der Waals surface area (Å²) in [6, 6.07) is 0. The molecule has 2 aromatic rings. The fraction of sp³-hybridized carbons (Fsp3) is 0.583. The van der Waals surface area contributed by atoms with Gasteiger partial charge in [0.2, 0.25) is 0 Å². The van der Waals surface area contributed by atoms with Crippen LogP contribution in [0.25, 0.3) is 11.2 Å². The molecule has 1 fully saturated rings. The number of aliphatic hydroxyl groups excluding tert-OH is 2. The summed E-state index contributed by atoms with van der Waals surface area (Å²) in [5.41, 5.74) is 5.96. The predicted molar refractivity (Wildman–Crippen MR) is 75.5 cm³/mol. The molecular formula is C12H16N5O3Se. The normalized spacial score (nSPS) is 32.9. The molecule has 0 aliphatic carbocycles. The molecule has 0 amide bonds. The Morgan fingerprint density at radius 2 is 2.24 bits per heavy atom. The van der Waals surface area contributed by atoms with Gasteiger partial charge in [-0.15, -0.1) is 0 Å². The van der Waals surface area contributed by atoms with Crippen LogP contribution < -0.4 is 5.73 Å². The van der Waals surface area contributed by atoms with E-state index in [9.17, 15) is 10.2 Å². The second kappa shape index (κ2) is 5.19. The van der Waals surface area contributed by atoms with Crippen molar-refractivity contribution in [3.8, 4) is 0 Å². The maximum atomic E-state index is 10.2. The summed E-state index contributed by atoms with van der Waals surface area (Å²) in [6.07, 6.45) is 2.03. The van der Waals surface area contributed by atoms with Gasteiger partial charge in [0.1, 0.15) is 0 Å². The number of ether oxygens (including phenoxy) is 1. The zero-order valence-corrected chi connectivity index (χ0v) is 13.1. The Bertz CT molecular complexity index is 665. The van der Waals surface area contributed by atoms with Crippen molar-refractivity contribution in [2.45, 2.75) is 36.1 Å². The van der Waals surface area contributed by atoms with E-state index < -0.39 is 17.9 Å². The molecule has 0 aromatic carbocycles. The fourth-order valence-corrected chi connectivity index (χ4v) is 3.86. The molecule has 4 N–H and O–H groups in total. The first kappa shape index (κ1) is 14.7. The molecule has 0 bridgehead atoms. The number of anilines is 1. The van der Waals surface area contributed by atoms with E-state index in [1.807, 2.05) is 6.92 Å². The monoisotopic (exact) mass is 358 g/mol. The van der Waals surface area contributed by atoms with E-state index in [4.69, 9.17) is 10.5 Å². The van der Waals surface area contributed by atoms with Crippen molar-refractivity contribution < 1.29 is 14.9 Å². The number of nitrogen functional groups attached to an aromatic ring is 1. The van der Waals surface area contributed by atoms with Crippen LogP contribution in [0.15, 0.2) is 12.7 Å². The number of hydrogen-bond donors (Lipinski definition) is 3. The topological polar surface area (TPSA) is 119 Å². The SMILES string of the molecule is CC[C@@]1(n2cnc3c(N)ncnc32)O[C@H](CO)[C@@H](O)[C@H]1[Se]. The Kier molecular flexibility index (Phi) is 3.62. The molecule has 1 saturated heterocycles. The standard InChI is InChI=1S/C12H16N5O3Se/c1-2-12(9(21)8(19)6(3-18)20-12)17-5-16-7-10(13)14-4-15-11(7)17/h4-6,8-9,18-19H,2-3H2,1H3,(H2,13,14,15)/t6-,8-,9-,12-/m1/s1. The van der Waals surface area contributed by atoms with Gasteiger partial charge in [0.25, 0.3) is 0 Å². The quantitative estimate of drug-likeness (QED) is 0.614. The van der Waals surface area contributed by atoms with E-state index in [2.05, 4.69) is 31.0 Å². The number of hydrogen-bond acceptors (Lipinski definition) is 7. The van der Waals surface area contributed by atoms with E-state index >= 15 is 0 Å². The summed E-state index contributed by atoms with van der Waals surface area (Å²) in [5, 5.41) is 19.6. The van der Waals surface area contributed by atoms with E-state index in [0.29, 0.717) is 23.4 Å². The molecule has 9 heteroatoms. The molecule has 0 saturated carbocycles. The van der Waals surface area contributed by atoms with Crippen LogP contribution in [0.5, 0.6) is 0 Å². The van der Waals surface area contributed by atoms with Crippen molar-refractivity contribution in [3.05, 3.63) is 12.7 Å². The molecule has 0 unspecified atom stereocenters. The Balaban J connectivity index is 2.17. The molecule has 8 nitrogen and oxygen atoms in total. The van der Waals surface area contributed by atoms with Crippen LogP contribution in [0.3, 0.4) is 0 Å². The van der Waals surface area contributed by atoms with E-state index in [-0.39, 0.29) is 11.4 Å². The molecule has 1 radical (unpaired) electrons. The van der Waals surface area contributed by atoms with Gasteiger partial charge in [0, 0.05) is 0 Å². The predicted octanol–water partition coefficient (Wildman–Crippen LogP) is -0.820. The van der Waals surface area contributed by atoms with Gasteiger partial charge >= 0.3 is 129 Å². The van der Waals surface area contributed by atoms with Gasteiger partial charge in [0.05, 0.1) is 0 Å². The third-order valence-corrected chi connectivity index (χ3v) is 5.30. The first-order valence-electron chi connectivity index (χ1n) is 6.61. The number of aliphatic hydroxyl groups is 2. The van der Waals surface area contributed by atoms with Gasteiger partial charge in [-0.2, -0.15) is 0 Å². The number of nitrogens with two attached hydrogens (primary N) is 1. The minimum atomic E-state index is -0.873. The summed E-state index contributed by atoms with van der Waals surface area (Å²) >= 11 is 2.95. The zero-order chi connectivity index (χ0) is 15.2. The van der Waals surface area contributed by atoms with E-state index in [1.54, 1.807) is 10.9 Å². The van der Waals surface area contributed by atoms with Crippen LogP contribution in [-0.4, -0.2) is 64.6 Å². The van der Waals surface area contributed by atoms with Gasteiger partial charge in [0.15, 0.2) is 0 Å². The second-order valence-corrected chi connectivity index (χ2v) is 6.06. The van der Waals surface area contributed by atoms with Gasteiger partial charge in [-0.25, -0.2) is 0 Å². The summed E-state index contributed by atoms with van der Waals surface area (Å²) in [7, 11) is 0. The van der Waals surface area contributed by atoms with Crippen molar-refractivity contribution in [1.29, 1.82) is 0 Å². The fourth-order valence-electron chi connectivity index (χ4n) is 2.78. The Labute approximate surface area is 129 Å². The Hall–Kier alpha value is -1.25. The Morgan fingerprint density at radius 3 is 2.86 bits per heavy atom. The van der Waals surface area contributed by atoms with Crippen LogP contribution in [0.4, 0.5) is 5.82 Å². The van der Waals surface area contributed by atoms with Crippen molar-refractivity contribution in [2.24, 2.45) is 0 Å². The van der Waals surface area contributed by atoms with Crippen LogP contribution in [0.1, 0.15) is 13.3 Å². The van der Waals surface area contributed by atoms with Crippen LogP contribution in [0, 0.1) is 0 Å². The number of rotatable bonds is 3. The molecule has 3 heterocycles. The first-order chi connectivity index (χ1) is 10.0. The third-order valence-electron chi connectivity index (χ3n) is 3.95. The number of aromatic nitrogens is 4. The van der Waals surface area contributed by atoms with E-state index in [1.165, 1.54) is 6.33 Å². The number of fused-ring (bicyclic) bond motifs is 1. The zero-order valence-electron chi connectivity index (χ0n) is 11.4. The van der Waals surface area contributed by atoms with Gasteiger partial charge in [-0.3, -0.25) is 0 Å². The summed E-state index contributed by atoms with van der Waals surface area (Å²) < 4.78 is 7.71. The summed E-state index contributed by atoms with van der Waals surface area (Å²) in [4.78, 5) is 12.0. The Morgan fingerprint density at radius 1 is 1.48 bits per heavy atom. The average molecular weight is 357 g/mol. The molecule has 4 atom stereocenters. The van der Waals surface area contributed by atoms with Crippen molar-refractivity contribution >= 4 is 33.0 Å². The first-order valence-corrected chi connectivity index (χ1v) is 7.60. The number of imidazole rings is 1. The summed E-state index contributed by atoms with van der Waals surface area (Å²) in [6.45, 7) is 1.68. The van der Waals surface area contributed by atoms with Gasteiger partial charge in [-0.05, 0) is 0 Å². The molecule has 113 valence electrons. The van der Waals surface area contributed by atoms with Crippen LogP contribution >= 0.6 is 0 Å². The molecular weight excluding hydrogens is 341 g/mol. The maximum absolute atomic E-state index is 10.2. The minimum absolute atomic E-state index is 0.259. The van der Waals surface area contributed by atoms with E-state index in [0.717, 1.165) is 0 Å². The molecule has 3 rings (SSSR count). The van der Waals surface area contributed by atoms with Crippen molar-refractivity contribution in [1.82, 2.24) is 19.5 Å². The van der Waals surface area contributed by atoms with Crippen LogP contribution in [0.2, 0.25) is 4.82 Å². The average Bonchev–Trinajstić information content (AvgIpc) is 3.03. The number of nitrogens with zero attached hydrogens (tertiary/aromatic N) is 4. The van der Waals surface area contributed by atoms with Crippen LogP contribution in [-0.2, 0) is 10.5 Å². The van der Waals surface area contributed by atoms with Crippen molar-refractivity contribution in [3.63, 3.8) is 0 Å². The molecule has 0 spiro atoms. The molecule has 1 aliphatic heterocycles. The van der Waals surface area contributed by atoms with Gasteiger partial charge < -0.3 is 0 Å².